The Balaban J connectivity index is 1.99. The number of nitrogens with two attached hydrogens (primary N) is 1. The van der Waals surface area contributed by atoms with Crippen molar-refractivity contribution in [1.82, 2.24) is 19.5 Å². The highest BCUT2D eigenvalue weighted by Gasteiger charge is 2.24. The maximum atomic E-state index is 10.3. The Morgan fingerprint density at radius 1 is 1.24 bits per heavy atom. The monoisotopic (exact) mass is 509 g/mol. The zero-order chi connectivity index (χ0) is 21.3. The molecule has 1 unspecified atom stereocenters. The molecular weight excluding hydrogens is 481 g/mol. The van der Waals surface area contributed by atoms with Crippen molar-refractivity contribution in [3.05, 3.63) is 33.7 Å². The normalized spacial score (nSPS) is 13.1. The molecule has 2 aromatic heterocycles. The fourth-order valence-electron chi connectivity index (χ4n) is 2.76. The number of hydrogen-bond acceptors (Lipinski definition) is 7. The Morgan fingerprint density at radius 2 is 1.97 bits per heavy atom. The van der Waals surface area contributed by atoms with Crippen molar-refractivity contribution in [2.45, 2.75) is 58.8 Å². The number of nitrogens with zero attached hydrogens (tertiary/aromatic N) is 4. The third-order valence-electron chi connectivity index (χ3n) is 4.93. The van der Waals surface area contributed by atoms with E-state index in [1.54, 1.807) is 20.2 Å². The molecule has 5 N–H and O–H groups in total. The summed E-state index contributed by atoms with van der Waals surface area (Å²) in [6.45, 7) is 10.1. The zero-order valence-electron chi connectivity index (χ0n) is 17.4. The predicted molar refractivity (Wildman–Crippen MR) is 126 cm³/mol. The van der Waals surface area contributed by atoms with Gasteiger partial charge in [0, 0.05) is 21.8 Å². The Morgan fingerprint density at radius 3 is 2.62 bits per heavy atom. The summed E-state index contributed by atoms with van der Waals surface area (Å²) >= 11 is 2.27. The van der Waals surface area contributed by atoms with Gasteiger partial charge in [-0.25, -0.2) is 4.98 Å². The van der Waals surface area contributed by atoms with Crippen LogP contribution in [0.3, 0.4) is 0 Å². The minimum atomic E-state index is -0.917. The van der Waals surface area contributed by atoms with Crippen LogP contribution in [0.25, 0.3) is 11.2 Å². The summed E-state index contributed by atoms with van der Waals surface area (Å²) in [6.07, 6.45) is 1.78. The van der Waals surface area contributed by atoms with E-state index in [4.69, 9.17) is 5.73 Å². The van der Waals surface area contributed by atoms with Crippen LogP contribution in [0.2, 0.25) is 0 Å². The summed E-state index contributed by atoms with van der Waals surface area (Å²) in [5.41, 5.74) is 8.35. The molecule has 3 aromatic rings. The molecule has 0 fully saturated rings. The molecule has 0 saturated heterocycles. The number of nitrogens with one attached hydrogen (secondary N) is 2. The van der Waals surface area contributed by atoms with E-state index in [1.807, 2.05) is 29.7 Å². The summed E-state index contributed by atoms with van der Waals surface area (Å²) in [5.74, 6) is 1.06. The maximum Gasteiger partial charge on any atom is 0.227 e. The van der Waals surface area contributed by atoms with E-state index in [1.165, 1.54) is 0 Å². The molecular formula is C20H28IN7O. The van der Waals surface area contributed by atoms with Crippen LogP contribution in [0.5, 0.6) is 0 Å². The molecule has 8 nitrogen and oxygen atoms in total. The Labute approximate surface area is 184 Å². The molecule has 1 aromatic carbocycles. The minimum absolute atomic E-state index is 0.202. The van der Waals surface area contributed by atoms with Crippen molar-refractivity contribution in [2.24, 2.45) is 0 Å². The predicted octanol–water partition coefficient (Wildman–Crippen LogP) is 3.78. The van der Waals surface area contributed by atoms with Gasteiger partial charge in [0.25, 0.3) is 0 Å². The highest BCUT2D eigenvalue weighted by molar-refractivity contribution is 14.1. The first kappa shape index (κ1) is 21.6. The first-order valence-corrected chi connectivity index (χ1v) is 10.7. The van der Waals surface area contributed by atoms with Crippen LogP contribution < -0.4 is 16.4 Å². The van der Waals surface area contributed by atoms with Crippen molar-refractivity contribution in [3.8, 4) is 0 Å². The number of imidazole rings is 1. The average Bonchev–Trinajstić information content (AvgIpc) is 3.05. The topological polar surface area (TPSA) is 114 Å². The third-order valence-corrected chi connectivity index (χ3v) is 5.61. The van der Waals surface area contributed by atoms with Crippen LogP contribution >= 0.6 is 22.6 Å². The van der Waals surface area contributed by atoms with Gasteiger partial charge in [-0.05, 0) is 81.0 Å². The summed E-state index contributed by atoms with van der Waals surface area (Å²) in [5, 5.41) is 16.8. The van der Waals surface area contributed by atoms with Crippen molar-refractivity contribution in [1.29, 1.82) is 0 Å². The van der Waals surface area contributed by atoms with Crippen LogP contribution in [0, 0.1) is 3.57 Å². The van der Waals surface area contributed by atoms with Gasteiger partial charge in [-0.1, -0.05) is 0 Å². The number of aromatic nitrogens is 4. The van der Waals surface area contributed by atoms with Crippen molar-refractivity contribution >= 4 is 51.2 Å². The lowest BCUT2D eigenvalue weighted by atomic mass is 10.0. The lowest BCUT2D eigenvalue weighted by Gasteiger charge is -2.26. The molecule has 0 amide bonds. The summed E-state index contributed by atoms with van der Waals surface area (Å²) in [4.78, 5) is 13.8. The first-order chi connectivity index (χ1) is 13.6. The second-order valence-corrected chi connectivity index (χ2v) is 9.28. The van der Waals surface area contributed by atoms with Crippen molar-refractivity contribution in [2.75, 3.05) is 16.4 Å². The molecule has 156 valence electrons. The first-order valence-electron chi connectivity index (χ1n) is 9.57. The number of fused-ring (bicyclic) bond motifs is 1. The summed E-state index contributed by atoms with van der Waals surface area (Å²) in [6, 6.07) is 5.89. The van der Waals surface area contributed by atoms with E-state index in [0.29, 0.717) is 23.8 Å². The molecule has 3 rings (SSSR count). The molecule has 2 heterocycles. The fourth-order valence-corrected chi connectivity index (χ4v) is 3.31. The largest absolute Gasteiger partial charge is 0.398 e. The molecule has 0 aliphatic heterocycles. The van der Waals surface area contributed by atoms with Gasteiger partial charge in [-0.2, -0.15) is 9.97 Å². The van der Waals surface area contributed by atoms with Gasteiger partial charge < -0.3 is 26.0 Å². The third kappa shape index (κ3) is 4.89. The van der Waals surface area contributed by atoms with E-state index in [0.717, 1.165) is 20.5 Å². The number of anilines is 3. The zero-order valence-corrected chi connectivity index (χ0v) is 19.5. The maximum absolute atomic E-state index is 10.3. The number of aliphatic hydroxyl groups is 1. The van der Waals surface area contributed by atoms with Gasteiger partial charge in [0.1, 0.15) is 0 Å². The van der Waals surface area contributed by atoms with Crippen LogP contribution in [-0.2, 0) is 6.54 Å². The highest BCUT2D eigenvalue weighted by Crippen LogP contribution is 2.26. The Bertz CT molecular complexity index is 1010. The quantitative estimate of drug-likeness (QED) is 0.283. The SMILES string of the molecule is CC(C)n1cnc2c(NCc3cc(I)ccc3N)nc(NC(C)C(C)(C)O)nc21. The van der Waals surface area contributed by atoms with E-state index in [2.05, 4.69) is 62.0 Å². The highest BCUT2D eigenvalue weighted by atomic mass is 127. The van der Waals surface area contributed by atoms with E-state index in [-0.39, 0.29) is 12.1 Å². The lowest BCUT2D eigenvalue weighted by Crippen LogP contribution is -2.39. The molecule has 0 spiro atoms. The minimum Gasteiger partial charge on any atom is -0.398 e. The van der Waals surface area contributed by atoms with Gasteiger partial charge >= 0.3 is 0 Å². The molecule has 0 bridgehead atoms. The smallest absolute Gasteiger partial charge is 0.227 e. The van der Waals surface area contributed by atoms with Crippen LogP contribution in [0.1, 0.15) is 46.2 Å². The average molecular weight is 509 g/mol. The van der Waals surface area contributed by atoms with Gasteiger partial charge in [0.15, 0.2) is 17.0 Å². The van der Waals surface area contributed by atoms with E-state index < -0.39 is 5.60 Å². The number of nitrogen functional groups attached to an aromatic ring is 1. The molecule has 0 aliphatic carbocycles. The van der Waals surface area contributed by atoms with E-state index >= 15 is 0 Å². The van der Waals surface area contributed by atoms with Gasteiger partial charge in [-0.15, -0.1) is 0 Å². The summed E-state index contributed by atoms with van der Waals surface area (Å²) in [7, 11) is 0. The standard InChI is InChI=1S/C20H28IN7O/c1-11(2)28-10-24-16-17(23-9-13-8-14(21)6-7-15(13)22)26-19(27-18(16)28)25-12(3)20(4,5)29/h6-8,10-12,29H,9,22H2,1-5H3,(H2,23,25,26,27). The molecule has 1 atom stereocenters. The van der Waals surface area contributed by atoms with Crippen molar-refractivity contribution in [3.63, 3.8) is 0 Å². The summed E-state index contributed by atoms with van der Waals surface area (Å²) < 4.78 is 3.12. The fraction of sp³-hybridized carbons (Fsp3) is 0.450. The van der Waals surface area contributed by atoms with Gasteiger partial charge in [0.05, 0.1) is 18.0 Å². The van der Waals surface area contributed by atoms with Gasteiger partial charge in [0.2, 0.25) is 5.95 Å². The molecule has 9 heteroatoms. The molecule has 0 aliphatic rings. The van der Waals surface area contributed by atoms with Crippen LogP contribution in [-0.4, -0.2) is 36.3 Å². The molecule has 29 heavy (non-hydrogen) atoms. The second-order valence-electron chi connectivity index (χ2n) is 8.03. The number of halogens is 1. The van der Waals surface area contributed by atoms with Crippen molar-refractivity contribution < 1.29 is 5.11 Å². The lowest BCUT2D eigenvalue weighted by molar-refractivity contribution is 0.0646. The van der Waals surface area contributed by atoms with Gasteiger partial charge in [-0.3, -0.25) is 0 Å². The van der Waals surface area contributed by atoms with Crippen LogP contribution in [0.4, 0.5) is 17.5 Å². The Kier molecular flexibility index (Phi) is 6.18. The molecule has 0 saturated carbocycles. The molecule has 0 radical (unpaired) electrons. The number of benzene rings is 1. The second kappa shape index (κ2) is 8.31. The Hall–Kier alpha value is -2.14. The number of rotatable bonds is 7. The van der Waals surface area contributed by atoms with E-state index in [9.17, 15) is 5.11 Å². The van der Waals surface area contributed by atoms with Crippen LogP contribution in [0.15, 0.2) is 24.5 Å². The number of hydrogen-bond donors (Lipinski definition) is 4.